The van der Waals surface area contributed by atoms with Crippen LogP contribution < -0.4 is 10.2 Å². The van der Waals surface area contributed by atoms with E-state index >= 15 is 0 Å². The van der Waals surface area contributed by atoms with Crippen molar-refractivity contribution in [3.63, 3.8) is 0 Å². The lowest BCUT2D eigenvalue weighted by molar-refractivity contribution is -0.346. The molecule has 0 aromatic carbocycles. The number of hydrogen-bond donors (Lipinski definition) is 0. The predicted molar refractivity (Wildman–Crippen MR) is 37.9 cm³/mol. The van der Waals surface area contributed by atoms with E-state index in [9.17, 15) is 19.8 Å². The Hall–Kier alpha value is -1.06. The van der Waals surface area contributed by atoms with Gasteiger partial charge in [0.1, 0.15) is 0 Å². The Morgan fingerprint density at radius 1 is 0.923 bits per heavy atom. The van der Waals surface area contributed by atoms with Gasteiger partial charge in [0, 0.05) is 0 Å². The molecule has 0 amide bonds. The van der Waals surface area contributed by atoms with Crippen molar-refractivity contribution in [2.45, 2.75) is 25.7 Å². The third kappa shape index (κ3) is 0.806. The Morgan fingerprint density at radius 2 is 1.23 bits per heavy atom. The highest BCUT2D eigenvalue weighted by atomic mass is 16.4. The largest absolute Gasteiger partial charge is 0.549 e. The summed E-state index contributed by atoms with van der Waals surface area (Å²) in [6.07, 6.45) is 2.75. The highest BCUT2D eigenvalue weighted by Gasteiger charge is 2.56. The van der Waals surface area contributed by atoms with Crippen LogP contribution in [0.25, 0.3) is 0 Å². The van der Waals surface area contributed by atoms with E-state index in [1.54, 1.807) is 0 Å². The minimum absolute atomic E-state index is 0.257. The molecule has 0 atom stereocenters. The van der Waals surface area contributed by atoms with Gasteiger partial charge in [0.15, 0.2) is 0 Å². The molecule has 2 fully saturated rings. The molecule has 2 saturated carbocycles. The molecule has 0 aromatic heterocycles. The van der Waals surface area contributed by atoms with Crippen molar-refractivity contribution in [1.82, 2.24) is 0 Å². The van der Waals surface area contributed by atoms with Crippen LogP contribution in [-0.2, 0) is 9.59 Å². The summed E-state index contributed by atoms with van der Waals surface area (Å²) < 4.78 is 0. The van der Waals surface area contributed by atoms with E-state index < -0.39 is 17.4 Å². The molecule has 2 aliphatic rings. The molecule has 4 heteroatoms. The summed E-state index contributed by atoms with van der Waals surface area (Å²) >= 11 is 0. The maximum atomic E-state index is 10.9. The van der Waals surface area contributed by atoms with Crippen LogP contribution in [0.4, 0.5) is 0 Å². The lowest BCUT2D eigenvalue weighted by Gasteiger charge is -2.36. The third-order valence-corrected chi connectivity index (χ3v) is 3.69. The second-order valence-corrected chi connectivity index (χ2v) is 3.99. The standard InChI is InChI=1S/C9H12O4/c10-7(11)9(8(12)13)5-1-2-6(9)4-3-5/h5-6H,1-4H2,(H,10,11)(H,12,13)/p-2. The van der Waals surface area contributed by atoms with Crippen LogP contribution in [0.2, 0.25) is 0 Å². The van der Waals surface area contributed by atoms with Gasteiger partial charge in [0.2, 0.25) is 0 Å². The first-order valence-electron chi connectivity index (χ1n) is 4.53. The van der Waals surface area contributed by atoms with Gasteiger partial charge in [-0.2, -0.15) is 0 Å². The molecule has 0 saturated heterocycles. The van der Waals surface area contributed by atoms with Crippen molar-refractivity contribution in [2.24, 2.45) is 17.3 Å². The normalized spacial score (nSPS) is 34.8. The molecule has 72 valence electrons. The number of carboxylic acid groups (broad SMARTS) is 2. The van der Waals surface area contributed by atoms with Crippen molar-refractivity contribution in [1.29, 1.82) is 0 Å². The molecule has 0 aromatic rings. The van der Waals surface area contributed by atoms with Crippen molar-refractivity contribution in [3.05, 3.63) is 0 Å². The molecule has 2 bridgehead atoms. The first kappa shape index (κ1) is 8.53. The van der Waals surface area contributed by atoms with Gasteiger partial charge < -0.3 is 19.8 Å². The summed E-state index contributed by atoms with van der Waals surface area (Å²) in [5.74, 6) is -3.41. The van der Waals surface area contributed by atoms with Gasteiger partial charge in [-0.15, -0.1) is 0 Å². The fourth-order valence-corrected chi connectivity index (χ4v) is 3.09. The predicted octanol–water partition coefficient (Wildman–Crippen LogP) is -1.71. The zero-order valence-electron chi connectivity index (χ0n) is 7.12. The van der Waals surface area contributed by atoms with Crippen molar-refractivity contribution in [3.8, 4) is 0 Å². The Labute approximate surface area is 75.6 Å². The van der Waals surface area contributed by atoms with Crippen molar-refractivity contribution < 1.29 is 19.8 Å². The second kappa shape index (κ2) is 2.47. The minimum atomic E-state index is -1.67. The summed E-state index contributed by atoms with van der Waals surface area (Å²) in [4.78, 5) is 21.8. The number of rotatable bonds is 2. The van der Waals surface area contributed by atoms with E-state index in [4.69, 9.17) is 0 Å². The molecule has 0 N–H and O–H groups in total. The van der Waals surface area contributed by atoms with Crippen LogP contribution in [0.1, 0.15) is 25.7 Å². The molecule has 0 unspecified atom stereocenters. The number of hydrogen-bond acceptors (Lipinski definition) is 4. The lowest BCUT2D eigenvalue weighted by atomic mass is 9.78. The first-order chi connectivity index (χ1) is 6.10. The topological polar surface area (TPSA) is 80.3 Å². The summed E-state index contributed by atoms with van der Waals surface area (Å²) in [7, 11) is 0. The van der Waals surface area contributed by atoms with E-state index in [1.165, 1.54) is 0 Å². The maximum absolute atomic E-state index is 10.9. The monoisotopic (exact) mass is 182 g/mol. The number of carboxylic acids is 2. The Bertz CT molecular complexity index is 235. The van der Waals surface area contributed by atoms with E-state index in [0.29, 0.717) is 25.7 Å². The summed E-state index contributed by atoms with van der Waals surface area (Å²) in [6.45, 7) is 0. The Kier molecular flexibility index (Phi) is 1.62. The van der Waals surface area contributed by atoms with Crippen LogP contribution in [0.5, 0.6) is 0 Å². The third-order valence-electron chi connectivity index (χ3n) is 3.69. The lowest BCUT2D eigenvalue weighted by Crippen LogP contribution is -2.56. The van der Waals surface area contributed by atoms with Crippen LogP contribution in [-0.4, -0.2) is 11.9 Å². The highest BCUT2D eigenvalue weighted by Crippen LogP contribution is 2.57. The van der Waals surface area contributed by atoms with Crippen molar-refractivity contribution >= 4 is 11.9 Å². The number of aliphatic carboxylic acids is 2. The molecule has 2 aliphatic carbocycles. The quantitative estimate of drug-likeness (QED) is 0.476. The number of fused-ring (bicyclic) bond motifs is 2. The average Bonchev–Trinajstić information content (AvgIpc) is 2.57. The van der Waals surface area contributed by atoms with Crippen LogP contribution >= 0.6 is 0 Å². The van der Waals surface area contributed by atoms with Gasteiger partial charge >= 0.3 is 0 Å². The minimum Gasteiger partial charge on any atom is -0.549 e. The molecule has 0 radical (unpaired) electrons. The second-order valence-electron chi connectivity index (χ2n) is 3.99. The zero-order valence-corrected chi connectivity index (χ0v) is 7.12. The number of carbonyl (C=O) groups excluding carboxylic acids is 2. The van der Waals surface area contributed by atoms with Crippen LogP contribution in [0, 0.1) is 17.3 Å². The number of carbonyl (C=O) groups is 2. The van der Waals surface area contributed by atoms with Crippen LogP contribution in [0.3, 0.4) is 0 Å². The van der Waals surface area contributed by atoms with E-state index in [1.807, 2.05) is 0 Å². The van der Waals surface area contributed by atoms with Crippen molar-refractivity contribution in [2.75, 3.05) is 0 Å². The molecule has 0 heterocycles. The SMILES string of the molecule is O=C([O-])C1(C(=O)[O-])C2CCC1CC2. The van der Waals surface area contributed by atoms with Gasteiger partial charge in [-0.3, -0.25) is 0 Å². The van der Waals surface area contributed by atoms with Gasteiger partial charge in [-0.05, 0) is 37.5 Å². The van der Waals surface area contributed by atoms with Crippen LogP contribution in [0.15, 0.2) is 0 Å². The first-order valence-corrected chi connectivity index (χ1v) is 4.53. The zero-order chi connectivity index (χ0) is 9.64. The summed E-state index contributed by atoms with van der Waals surface area (Å²) in [6, 6.07) is 0. The van der Waals surface area contributed by atoms with Gasteiger partial charge in [-0.1, -0.05) is 0 Å². The molecular weight excluding hydrogens is 172 g/mol. The summed E-state index contributed by atoms with van der Waals surface area (Å²) in [5.41, 5.74) is -1.67. The van der Waals surface area contributed by atoms with Gasteiger partial charge in [0.05, 0.1) is 17.4 Å². The molecule has 0 spiro atoms. The fraction of sp³-hybridized carbons (Fsp3) is 0.778. The molecule has 13 heavy (non-hydrogen) atoms. The smallest absolute Gasteiger partial charge is 0.0550 e. The molecular formula is C9H10O4-2. The molecule has 2 rings (SSSR count). The van der Waals surface area contributed by atoms with Gasteiger partial charge in [-0.25, -0.2) is 0 Å². The van der Waals surface area contributed by atoms with E-state index in [0.717, 1.165) is 0 Å². The Morgan fingerprint density at radius 3 is 1.38 bits per heavy atom. The van der Waals surface area contributed by atoms with E-state index in [2.05, 4.69) is 0 Å². The maximum Gasteiger partial charge on any atom is 0.0550 e. The van der Waals surface area contributed by atoms with E-state index in [-0.39, 0.29) is 11.8 Å². The van der Waals surface area contributed by atoms with Gasteiger partial charge in [0.25, 0.3) is 0 Å². The highest BCUT2D eigenvalue weighted by molar-refractivity contribution is 5.97. The molecule has 0 aliphatic heterocycles. The molecule has 4 nitrogen and oxygen atoms in total. The average molecular weight is 182 g/mol. The summed E-state index contributed by atoms with van der Waals surface area (Å²) in [5, 5.41) is 21.8. The fourth-order valence-electron chi connectivity index (χ4n) is 3.09. The Balaban J connectivity index is 2.45.